The molecule has 0 fully saturated rings. The average molecular weight is 314 g/mol. The third kappa shape index (κ3) is 4.80. The fraction of sp³-hybridized carbons (Fsp3) is 0.429. The van der Waals surface area contributed by atoms with E-state index in [-0.39, 0.29) is 6.54 Å². The second kappa shape index (κ2) is 7.02. The predicted molar refractivity (Wildman–Crippen MR) is 80.3 cm³/mol. The topological polar surface area (TPSA) is 62.4 Å². The molecular weight excluding hydrogens is 295 g/mol. The number of benzene rings is 1. The van der Waals surface area contributed by atoms with E-state index in [9.17, 15) is 12.3 Å². The lowest BCUT2D eigenvalue weighted by Gasteiger charge is -2.21. The van der Waals surface area contributed by atoms with E-state index in [4.69, 9.17) is 4.74 Å². The molecule has 21 heavy (non-hydrogen) atoms. The Bertz CT molecular complexity index is 684. The van der Waals surface area contributed by atoms with Crippen molar-refractivity contribution in [3.63, 3.8) is 0 Å². The fourth-order valence-corrected chi connectivity index (χ4v) is 2.73. The maximum absolute atomic E-state index is 12.7. The van der Waals surface area contributed by atoms with Crippen molar-refractivity contribution in [1.29, 1.82) is 0 Å². The van der Waals surface area contributed by atoms with Crippen molar-refractivity contribution in [2.45, 2.75) is 6.54 Å². The average Bonchev–Trinajstić information content (AvgIpc) is 2.90. The minimum absolute atomic E-state index is 0.138. The monoisotopic (exact) mass is 314 g/mol. The number of halogens is 1. The highest BCUT2D eigenvalue weighted by Crippen LogP contribution is 2.18. The standard InChI is InChI=1S/C14H19FN2O3S/c1-20-9-7-17(8-10-21(15,18)19)11-13-4-2-3-12-5-6-16-14(12)13/h2-6,16H,7-11H2,1H3. The minimum atomic E-state index is -4.46. The number of hydrogen-bond acceptors (Lipinski definition) is 4. The number of H-pyrrole nitrogens is 1. The second-order valence-electron chi connectivity index (χ2n) is 4.87. The van der Waals surface area contributed by atoms with Crippen LogP contribution < -0.4 is 0 Å². The molecule has 1 heterocycles. The van der Waals surface area contributed by atoms with E-state index in [1.165, 1.54) is 0 Å². The zero-order chi connectivity index (χ0) is 15.3. The molecule has 116 valence electrons. The number of fused-ring (bicyclic) bond motifs is 1. The third-order valence-corrected chi connectivity index (χ3v) is 4.00. The fourth-order valence-electron chi connectivity index (χ4n) is 2.25. The summed E-state index contributed by atoms with van der Waals surface area (Å²) in [7, 11) is -2.88. The van der Waals surface area contributed by atoms with E-state index < -0.39 is 16.0 Å². The van der Waals surface area contributed by atoms with Gasteiger partial charge in [-0.05, 0) is 17.0 Å². The first-order valence-corrected chi connectivity index (χ1v) is 8.23. The van der Waals surface area contributed by atoms with Crippen molar-refractivity contribution in [3.05, 3.63) is 36.0 Å². The number of hydrogen-bond donors (Lipinski definition) is 1. The van der Waals surface area contributed by atoms with Crippen LogP contribution in [0.1, 0.15) is 5.56 Å². The Balaban J connectivity index is 2.11. The summed E-state index contributed by atoms with van der Waals surface area (Å²) < 4.78 is 39.1. The van der Waals surface area contributed by atoms with Gasteiger partial charge in [-0.1, -0.05) is 18.2 Å². The SMILES string of the molecule is COCCN(CCS(=O)(=O)F)Cc1cccc2cc[nH]c12. The van der Waals surface area contributed by atoms with Crippen LogP contribution >= 0.6 is 0 Å². The number of aromatic nitrogens is 1. The molecule has 1 aromatic heterocycles. The summed E-state index contributed by atoms with van der Waals surface area (Å²) >= 11 is 0. The number of para-hydroxylation sites is 1. The van der Waals surface area contributed by atoms with Gasteiger partial charge in [-0.15, -0.1) is 3.89 Å². The van der Waals surface area contributed by atoms with Crippen LogP contribution in [0.2, 0.25) is 0 Å². The molecule has 1 aromatic carbocycles. The molecule has 5 nitrogen and oxygen atoms in total. The molecule has 0 aliphatic carbocycles. The molecule has 0 atom stereocenters. The van der Waals surface area contributed by atoms with Crippen molar-refractivity contribution in [1.82, 2.24) is 9.88 Å². The van der Waals surface area contributed by atoms with Crippen LogP contribution in [0.3, 0.4) is 0 Å². The highest BCUT2D eigenvalue weighted by molar-refractivity contribution is 7.86. The number of nitrogens with one attached hydrogen (secondary N) is 1. The molecule has 0 aliphatic heterocycles. The molecule has 7 heteroatoms. The highest BCUT2D eigenvalue weighted by Gasteiger charge is 2.14. The molecule has 2 rings (SSSR count). The number of methoxy groups -OCH3 is 1. The Morgan fingerprint density at radius 1 is 1.29 bits per heavy atom. The van der Waals surface area contributed by atoms with Gasteiger partial charge in [0.25, 0.3) is 0 Å². The first-order chi connectivity index (χ1) is 9.99. The lowest BCUT2D eigenvalue weighted by atomic mass is 10.1. The van der Waals surface area contributed by atoms with Gasteiger partial charge in [-0.3, -0.25) is 4.90 Å². The molecule has 0 aliphatic rings. The molecular formula is C14H19FN2O3S. The van der Waals surface area contributed by atoms with Gasteiger partial charge in [-0.2, -0.15) is 8.42 Å². The van der Waals surface area contributed by atoms with Gasteiger partial charge in [0.1, 0.15) is 0 Å². The van der Waals surface area contributed by atoms with Crippen LogP contribution in [-0.2, 0) is 21.5 Å². The second-order valence-corrected chi connectivity index (χ2v) is 6.36. The van der Waals surface area contributed by atoms with Crippen LogP contribution in [0.5, 0.6) is 0 Å². The number of ether oxygens (including phenoxy) is 1. The van der Waals surface area contributed by atoms with Gasteiger partial charge in [0, 0.05) is 38.5 Å². The summed E-state index contributed by atoms with van der Waals surface area (Å²) in [5, 5.41) is 1.09. The van der Waals surface area contributed by atoms with Crippen LogP contribution in [0.4, 0.5) is 3.89 Å². The van der Waals surface area contributed by atoms with E-state index in [2.05, 4.69) is 4.98 Å². The molecule has 0 radical (unpaired) electrons. The summed E-state index contributed by atoms with van der Waals surface area (Å²) in [5.74, 6) is -0.503. The maximum Gasteiger partial charge on any atom is 0.303 e. The molecule has 0 saturated carbocycles. The Labute approximate surface area is 123 Å². The summed E-state index contributed by atoms with van der Waals surface area (Å²) in [4.78, 5) is 5.04. The predicted octanol–water partition coefficient (Wildman–Crippen LogP) is 1.92. The Hall–Kier alpha value is -1.44. The van der Waals surface area contributed by atoms with Gasteiger partial charge >= 0.3 is 10.2 Å². The normalized spacial score (nSPS) is 12.3. The molecule has 1 N–H and O–H groups in total. The van der Waals surface area contributed by atoms with E-state index >= 15 is 0 Å². The van der Waals surface area contributed by atoms with Crippen LogP contribution in [0.15, 0.2) is 30.5 Å². The van der Waals surface area contributed by atoms with E-state index in [0.717, 1.165) is 16.5 Å². The highest BCUT2D eigenvalue weighted by atomic mass is 32.3. The van der Waals surface area contributed by atoms with Crippen molar-refractivity contribution in [3.8, 4) is 0 Å². The summed E-state index contributed by atoms with van der Waals surface area (Å²) in [6, 6.07) is 7.90. The quantitative estimate of drug-likeness (QED) is 0.756. The molecule has 2 aromatic rings. The summed E-state index contributed by atoms with van der Waals surface area (Å²) in [6.07, 6.45) is 1.86. The Morgan fingerprint density at radius 2 is 2.10 bits per heavy atom. The van der Waals surface area contributed by atoms with Gasteiger partial charge in [0.2, 0.25) is 0 Å². The van der Waals surface area contributed by atoms with Gasteiger partial charge in [-0.25, -0.2) is 0 Å². The smallest absolute Gasteiger partial charge is 0.303 e. The van der Waals surface area contributed by atoms with E-state index in [1.807, 2.05) is 35.4 Å². The van der Waals surface area contributed by atoms with Gasteiger partial charge in [0.15, 0.2) is 0 Å². The Morgan fingerprint density at radius 3 is 2.81 bits per heavy atom. The Kier molecular flexibility index (Phi) is 5.33. The number of aromatic amines is 1. The van der Waals surface area contributed by atoms with Gasteiger partial charge in [0.05, 0.1) is 12.4 Å². The zero-order valence-electron chi connectivity index (χ0n) is 11.9. The lowest BCUT2D eigenvalue weighted by molar-refractivity contribution is 0.148. The minimum Gasteiger partial charge on any atom is -0.383 e. The first kappa shape index (κ1) is 15.9. The van der Waals surface area contributed by atoms with Crippen molar-refractivity contribution >= 4 is 21.1 Å². The van der Waals surface area contributed by atoms with E-state index in [1.54, 1.807) is 7.11 Å². The molecule has 0 amide bonds. The summed E-state index contributed by atoms with van der Waals surface area (Å²) in [5.41, 5.74) is 2.06. The van der Waals surface area contributed by atoms with Gasteiger partial charge < -0.3 is 9.72 Å². The maximum atomic E-state index is 12.7. The number of nitrogens with zero attached hydrogens (tertiary/aromatic N) is 1. The molecule has 0 unspecified atom stereocenters. The lowest BCUT2D eigenvalue weighted by Crippen LogP contribution is -2.31. The largest absolute Gasteiger partial charge is 0.383 e. The molecule has 0 bridgehead atoms. The van der Waals surface area contributed by atoms with E-state index in [0.29, 0.717) is 19.7 Å². The van der Waals surface area contributed by atoms with Crippen LogP contribution in [0.25, 0.3) is 10.9 Å². The van der Waals surface area contributed by atoms with Crippen molar-refractivity contribution in [2.24, 2.45) is 0 Å². The first-order valence-electron chi connectivity index (χ1n) is 6.68. The zero-order valence-corrected chi connectivity index (χ0v) is 12.7. The summed E-state index contributed by atoms with van der Waals surface area (Å²) in [6.45, 7) is 1.69. The van der Waals surface area contributed by atoms with Crippen molar-refractivity contribution < 1.29 is 17.0 Å². The molecule has 0 spiro atoms. The number of rotatable bonds is 8. The van der Waals surface area contributed by atoms with Crippen molar-refractivity contribution in [2.75, 3.05) is 32.6 Å². The third-order valence-electron chi connectivity index (χ3n) is 3.33. The molecule has 0 saturated heterocycles. The van der Waals surface area contributed by atoms with Crippen LogP contribution in [0, 0.1) is 0 Å². The van der Waals surface area contributed by atoms with Crippen LogP contribution in [-0.4, -0.2) is 50.9 Å².